The SMILES string of the molecule is CS(=O)(=O)OC[C@@H]1C=C[C@@H](n2cc(-c3ccccc3)nn2)[C@@H](c2cn(-c3ccccc3)nn2)O1. The number of nitrogens with zero attached hydrogens (tertiary/aromatic N) is 6. The lowest BCUT2D eigenvalue weighted by Gasteiger charge is -2.30. The Morgan fingerprint density at radius 3 is 2.41 bits per heavy atom. The molecule has 0 unspecified atom stereocenters. The summed E-state index contributed by atoms with van der Waals surface area (Å²) in [6.45, 7) is -0.141. The van der Waals surface area contributed by atoms with E-state index in [9.17, 15) is 8.42 Å². The van der Waals surface area contributed by atoms with Crippen molar-refractivity contribution in [2.24, 2.45) is 0 Å². The first-order valence-electron chi connectivity index (χ1n) is 10.6. The summed E-state index contributed by atoms with van der Waals surface area (Å²) in [7, 11) is -3.60. The van der Waals surface area contributed by atoms with E-state index in [-0.39, 0.29) is 12.6 Å². The summed E-state index contributed by atoms with van der Waals surface area (Å²) in [6, 6.07) is 19.0. The molecule has 0 bridgehead atoms. The standard InChI is InChI=1S/C23H22N6O4S/c1-34(30,31)32-16-19-12-13-22(29-14-20(24-27-29)17-8-4-2-5-9-17)23(33-19)21-15-28(26-25-21)18-10-6-3-7-11-18/h2-15,19,22-23H,16H2,1H3/t19-,22+,23+/m0/s1. The van der Waals surface area contributed by atoms with Gasteiger partial charge in [0.2, 0.25) is 0 Å². The number of ether oxygens (including phenoxy) is 1. The lowest BCUT2D eigenvalue weighted by atomic mass is 10.0. The number of para-hydroxylation sites is 1. The van der Waals surface area contributed by atoms with Crippen LogP contribution in [0.5, 0.6) is 0 Å². The third-order valence-corrected chi connectivity index (χ3v) is 5.87. The number of hydrogen-bond acceptors (Lipinski definition) is 8. The molecule has 174 valence electrons. The van der Waals surface area contributed by atoms with Gasteiger partial charge in [-0.25, -0.2) is 9.36 Å². The monoisotopic (exact) mass is 478 g/mol. The van der Waals surface area contributed by atoms with E-state index in [0.717, 1.165) is 23.2 Å². The van der Waals surface area contributed by atoms with Crippen molar-refractivity contribution in [2.75, 3.05) is 12.9 Å². The summed E-state index contributed by atoms with van der Waals surface area (Å²) in [6.07, 6.45) is 7.11. The lowest BCUT2D eigenvalue weighted by molar-refractivity contribution is -0.0412. The highest BCUT2D eigenvalue weighted by molar-refractivity contribution is 7.85. The van der Waals surface area contributed by atoms with E-state index in [0.29, 0.717) is 5.69 Å². The first-order valence-corrected chi connectivity index (χ1v) is 12.4. The zero-order valence-electron chi connectivity index (χ0n) is 18.2. The van der Waals surface area contributed by atoms with Crippen LogP contribution >= 0.6 is 0 Å². The number of aromatic nitrogens is 6. The number of rotatable bonds is 7. The maximum absolute atomic E-state index is 11.5. The van der Waals surface area contributed by atoms with Crippen molar-refractivity contribution in [1.82, 2.24) is 30.0 Å². The molecule has 0 spiro atoms. The maximum atomic E-state index is 11.5. The highest BCUT2D eigenvalue weighted by atomic mass is 32.2. The van der Waals surface area contributed by atoms with E-state index in [1.807, 2.05) is 72.9 Å². The minimum Gasteiger partial charge on any atom is -0.359 e. The second kappa shape index (κ2) is 9.29. The normalized spacial score (nSPS) is 20.4. The van der Waals surface area contributed by atoms with Gasteiger partial charge in [-0.3, -0.25) is 4.18 Å². The molecule has 2 aromatic carbocycles. The fraction of sp³-hybridized carbons (Fsp3) is 0.217. The molecule has 34 heavy (non-hydrogen) atoms. The number of hydrogen-bond donors (Lipinski definition) is 0. The third kappa shape index (κ3) is 4.96. The molecule has 1 aliphatic heterocycles. The Morgan fingerprint density at radius 2 is 1.68 bits per heavy atom. The molecule has 0 amide bonds. The lowest BCUT2D eigenvalue weighted by Crippen LogP contribution is -2.31. The van der Waals surface area contributed by atoms with Crippen LogP contribution in [0.15, 0.2) is 85.2 Å². The zero-order valence-corrected chi connectivity index (χ0v) is 19.1. The molecular weight excluding hydrogens is 456 g/mol. The molecule has 11 heteroatoms. The van der Waals surface area contributed by atoms with Crippen LogP contribution in [-0.4, -0.2) is 57.4 Å². The Balaban J connectivity index is 1.46. The van der Waals surface area contributed by atoms with Gasteiger partial charge in [0.1, 0.15) is 29.6 Å². The predicted octanol–water partition coefficient (Wildman–Crippen LogP) is 2.74. The average molecular weight is 479 g/mol. The van der Waals surface area contributed by atoms with Crippen LogP contribution in [0, 0.1) is 0 Å². The molecule has 10 nitrogen and oxygen atoms in total. The fourth-order valence-corrected chi connectivity index (χ4v) is 4.07. The van der Waals surface area contributed by atoms with Crippen LogP contribution in [0.3, 0.4) is 0 Å². The number of benzene rings is 2. The van der Waals surface area contributed by atoms with Crippen LogP contribution in [0.2, 0.25) is 0 Å². The minimum atomic E-state index is -3.60. The van der Waals surface area contributed by atoms with E-state index in [1.165, 1.54) is 0 Å². The maximum Gasteiger partial charge on any atom is 0.264 e. The van der Waals surface area contributed by atoms with Crippen LogP contribution in [0.1, 0.15) is 17.8 Å². The Labute approximate surface area is 196 Å². The highest BCUT2D eigenvalue weighted by Gasteiger charge is 2.33. The van der Waals surface area contributed by atoms with E-state index >= 15 is 0 Å². The van der Waals surface area contributed by atoms with Crippen LogP contribution in [-0.2, 0) is 19.0 Å². The second-order valence-electron chi connectivity index (χ2n) is 7.83. The van der Waals surface area contributed by atoms with Crippen molar-refractivity contribution in [2.45, 2.75) is 18.2 Å². The molecular formula is C23H22N6O4S. The summed E-state index contributed by atoms with van der Waals surface area (Å²) >= 11 is 0. The van der Waals surface area contributed by atoms with Gasteiger partial charge in [0, 0.05) is 5.56 Å². The van der Waals surface area contributed by atoms with Crippen molar-refractivity contribution in [3.8, 4) is 16.9 Å². The molecule has 1 aliphatic rings. The molecule has 3 heterocycles. The topological polar surface area (TPSA) is 114 Å². The van der Waals surface area contributed by atoms with Crippen molar-refractivity contribution in [3.63, 3.8) is 0 Å². The summed E-state index contributed by atoms with van der Waals surface area (Å²) in [4.78, 5) is 0. The van der Waals surface area contributed by atoms with Crippen molar-refractivity contribution in [3.05, 3.63) is 90.9 Å². The molecule has 0 aliphatic carbocycles. The molecule has 4 aromatic rings. The predicted molar refractivity (Wildman–Crippen MR) is 123 cm³/mol. The van der Waals surface area contributed by atoms with E-state index in [1.54, 1.807) is 21.6 Å². The summed E-state index contributed by atoms with van der Waals surface area (Å²) in [5.74, 6) is 0. The molecule has 0 radical (unpaired) electrons. The summed E-state index contributed by atoms with van der Waals surface area (Å²) < 4.78 is 37.5. The van der Waals surface area contributed by atoms with E-state index in [4.69, 9.17) is 8.92 Å². The van der Waals surface area contributed by atoms with Crippen LogP contribution in [0.25, 0.3) is 16.9 Å². The molecule has 5 rings (SSSR count). The molecule has 3 atom stereocenters. The van der Waals surface area contributed by atoms with E-state index in [2.05, 4.69) is 20.6 Å². The second-order valence-corrected chi connectivity index (χ2v) is 9.48. The van der Waals surface area contributed by atoms with Gasteiger partial charge in [-0.2, -0.15) is 8.42 Å². The van der Waals surface area contributed by atoms with Gasteiger partial charge in [0.05, 0.1) is 30.9 Å². The average Bonchev–Trinajstić information content (AvgIpc) is 3.54. The minimum absolute atomic E-state index is 0.141. The quantitative estimate of drug-likeness (QED) is 0.294. The Kier molecular flexibility index (Phi) is 6.05. The van der Waals surface area contributed by atoms with Crippen LogP contribution < -0.4 is 0 Å². The summed E-state index contributed by atoms with van der Waals surface area (Å²) in [5, 5.41) is 17.2. The van der Waals surface area contributed by atoms with Gasteiger partial charge in [0.25, 0.3) is 10.1 Å². The van der Waals surface area contributed by atoms with Gasteiger partial charge in [-0.15, -0.1) is 10.2 Å². The largest absolute Gasteiger partial charge is 0.359 e. The Hall–Kier alpha value is -3.67. The molecule has 0 fully saturated rings. The van der Waals surface area contributed by atoms with Gasteiger partial charge in [-0.05, 0) is 12.1 Å². The van der Waals surface area contributed by atoms with E-state index < -0.39 is 22.3 Å². The third-order valence-electron chi connectivity index (χ3n) is 5.31. The van der Waals surface area contributed by atoms with Crippen molar-refractivity contribution >= 4 is 10.1 Å². The first kappa shape index (κ1) is 22.1. The molecule has 0 N–H and O–H groups in total. The summed E-state index contributed by atoms with van der Waals surface area (Å²) in [5.41, 5.74) is 3.09. The zero-order chi connectivity index (χ0) is 23.5. The Morgan fingerprint density at radius 1 is 0.941 bits per heavy atom. The smallest absolute Gasteiger partial charge is 0.264 e. The first-order chi connectivity index (χ1) is 16.5. The Bertz CT molecular complexity index is 1390. The molecule has 0 saturated carbocycles. The van der Waals surface area contributed by atoms with Crippen molar-refractivity contribution in [1.29, 1.82) is 0 Å². The van der Waals surface area contributed by atoms with Gasteiger partial charge >= 0.3 is 0 Å². The van der Waals surface area contributed by atoms with Gasteiger partial charge in [-0.1, -0.05) is 71.1 Å². The fourth-order valence-electron chi connectivity index (χ4n) is 3.69. The van der Waals surface area contributed by atoms with Gasteiger partial charge in [0.15, 0.2) is 0 Å². The van der Waals surface area contributed by atoms with Gasteiger partial charge < -0.3 is 4.74 Å². The van der Waals surface area contributed by atoms with Crippen LogP contribution in [0.4, 0.5) is 0 Å². The van der Waals surface area contributed by atoms with Crippen molar-refractivity contribution < 1.29 is 17.3 Å². The molecule has 2 aromatic heterocycles. The molecule has 0 saturated heterocycles. The highest BCUT2D eigenvalue weighted by Crippen LogP contribution is 2.35.